The Morgan fingerprint density at radius 1 is 1.29 bits per heavy atom. The fraction of sp³-hybridized carbons (Fsp3) is 0.143. The van der Waals surface area contributed by atoms with Gasteiger partial charge in [0.25, 0.3) is 0 Å². The quantitative estimate of drug-likeness (QED) is 0.687. The molecule has 0 atom stereocenters. The maximum atomic E-state index is 11.4. The van der Waals surface area contributed by atoms with Crippen molar-refractivity contribution in [2.45, 2.75) is 6.92 Å². The lowest BCUT2D eigenvalue weighted by atomic mass is 10.2. The van der Waals surface area contributed by atoms with Gasteiger partial charge < -0.3 is 21.5 Å². The van der Waals surface area contributed by atoms with Gasteiger partial charge >= 0.3 is 6.09 Å². The Bertz CT molecular complexity index is 631. The van der Waals surface area contributed by atoms with Crippen LogP contribution in [-0.2, 0) is 4.74 Å². The summed E-state index contributed by atoms with van der Waals surface area (Å²) in [5.74, 6) is 0.390. The molecule has 2 aromatic rings. The molecule has 0 bridgehead atoms. The minimum absolute atomic E-state index is 0.128. The number of aromatic nitrogens is 1. The Balaban J connectivity index is 2.24. The number of nitrogens with two attached hydrogens (primary N) is 2. The summed E-state index contributed by atoms with van der Waals surface area (Å²) in [7, 11) is 0. The number of para-hydroxylation sites is 1. The predicted octanol–water partition coefficient (Wildman–Crippen LogP) is 2.56. The minimum Gasteiger partial charge on any atom is -0.450 e. The zero-order valence-corrected chi connectivity index (χ0v) is 11.6. The largest absolute Gasteiger partial charge is 0.450 e. The molecule has 7 nitrogen and oxygen atoms in total. The van der Waals surface area contributed by atoms with E-state index in [0.717, 1.165) is 5.69 Å². The van der Waals surface area contributed by atoms with E-state index in [1.807, 2.05) is 30.3 Å². The van der Waals surface area contributed by atoms with Gasteiger partial charge in [-0.3, -0.25) is 5.32 Å². The topological polar surface area (TPSA) is 115 Å². The van der Waals surface area contributed by atoms with Gasteiger partial charge in [-0.2, -0.15) is 0 Å². The van der Waals surface area contributed by atoms with Gasteiger partial charge in [-0.15, -0.1) is 0 Å². The third-order valence-electron chi connectivity index (χ3n) is 2.65. The van der Waals surface area contributed by atoms with Crippen LogP contribution in [0.15, 0.2) is 36.4 Å². The van der Waals surface area contributed by atoms with Gasteiger partial charge in [0.05, 0.1) is 18.0 Å². The lowest BCUT2D eigenvalue weighted by Crippen LogP contribution is -2.15. The van der Waals surface area contributed by atoms with Gasteiger partial charge in [-0.25, -0.2) is 9.78 Å². The molecule has 7 heteroatoms. The number of anilines is 5. The highest BCUT2D eigenvalue weighted by Gasteiger charge is 2.10. The van der Waals surface area contributed by atoms with Crippen LogP contribution in [0, 0.1) is 0 Å². The van der Waals surface area contributed by atoms with E-state index in [1.54, 1.807) is 13.0 Å². The Hall–Kier alpha value is -2.96. The number of amides is 1. The van der Waals surface area contributed by atoms with Crippen molar-refractivity contribution in [2.24, 2.45) is 0 Å². The second kappa shape index (κ2) is 6.47. The van der Waals surface area contributed by atoms with Gasteiger partial charge in [-0.05, 0) is 19.1 Å². The standard InChI is InChI=1S/C14H17N5O2/c1-2-21-14(20)19-11-8-10(12(15)13(16)18-11)17-9-6-4-3-5-7-9/h3-8H,2,15H2,1H3,(H4,16,17,18,19,20). The molecular weight excluding hydrogens is 270 g/mol. The summed E-state index contributed by atoms with van der Waals surface area (Å²) < 4.78 is 4.79. The first kappa shape index (κ1) is 14.4. The molecule has 0 saturated carbocycles. The van der Waals surface area contributed by atoms with Crippen LogP contribution in [0.4, 0.5) is 33.5 Å². The summed E-state index contributed by atoms with van der Waals surface area (Å²) in [4.78, 5) is 15.4. The predicted molar refractivity (Wildman–Crippen MR) is 83.4 cm³/mol. The molecule has 1 heterocycles. The van der Waals surface area contributed by atoms with Crippen LogP contribution in [0.25, 0.3) is 0 Å². The normalized spacial score (nSPS) is 9.95. The van der Waals surface area contributed by atoms with Gasteiger partial charge in [0.2, 0.25) is 0 Å². The zero-order chi connectivity index (χ0) is 15.2. The minimum atomic E-state index is -0.597. The lowest BCUT2D eigenvalue weighted by Gasteiger charge is -2.13. The third kappa shape index (κ3) is 3.75. The number of hydrogen-bond donors (Lipinski definition) is 4. The monoisotopic (exact) mass is 287 g/mol. The molecule has 0 saturated heterocycles. The molecule has 0 aliphatic carbocycles. The maximum Gasteiger partial charge on any atom is 0.412 e. The number of hydrogen-bond acceptors (Lipinski definition) is 6. The number of benzene rings is 1. The summed E-state index contributed by atoms with van der Waals surface area (Å²) in [5.41, 5.74) is 13.4. The van der Waals surface area contributed by atoms with Crippen molar-refractivity contribution in [2.75, 3.05) is 28.7 Å². The molecule has 0 radical (unpaired) electrons. The van der Waals surface area contributed by atoms with Gasteiger partial charge in [0.15, 0.2) is 5.82 Å². The highest BCUT2D eigenvalue weighted by Crippen LogP contribution is 2.29. The van der Waals surface area contributed by atoms with Crippen LogP contribution in [-0.4, -0.2) is 17.7 Å². The zero-order valence-electron chi connectivity index (χ0n) is 11.6. The fourth-order valence-corrected chi connectivity index (χ4v) is 1.69. The van der Waals surface area contributed by atoms with Crippen molar-refractivity contribution in [1.29, 1.82) is 0 Å². The molecule has 110 valence electrons. The number of carbonyl (C=O) groups excluding carboxylic acids is 1. The molecule has 0 aliphatic heterocycles. The van der Waals surface area contributed by atoms with Crippen molar-refractivity contribution < 1.29 is 9.53 Å². The number of pyridine rings is 1. The first-order chi connectivity index (χ1) is 10.1. The second-order valence-electron chi connectivity index (χ2n) is 4.19. The number of carbonyl (C=O) groups is 1. The van der Waals surface area contributed by atoms with E-state index in [9.17, 15) is 4.79 Å². The fourth-order valence-electron chi connectivity index (χ4n) is 1.69. The Morgan fingerprint density at radius 3 is 2.67 bits per heavy atom. The lowest BCUT2D eigenvalue weighted by molar-refractivity contribution is 0.168. The van der Waals surface area contributed by atoms with Crippen molar-refractivity contribution in [3.05, 3.63) is 36.4 Å². The Labute approximate surface area is 122 Å². The first-order valence-electron chi connectivity index (χ1n) is 6.42. The van der Waals surface area contributed by atoms with Crippen LogP contribution in [0.5, 0.6) is 0 Å². The van der Waals surface area contributed by atoms with Crippen LogP contribution in [0.3, 0.4) is 0 Å². The Kier molecular flexibility index (Phi) is 4.45. The molecule has 6 N–H and O–H groups in total. The second-order valence-corrected chi connectivity index (χ2v) is 4.19. The van der Waals surface area contributed by atoms with Crippen LogP contribution in [0.1, 0.15) is 6.92 Å². The van der Waals surface area contributed by atoms with Crippen LogP contribution >= 0.6 is 0 Å². The average Bonchev–Trinajstić information content (AvgIpc) is 2.45. The third-order valence-corrected chi connectivity index (χ3v) is 2.65. The van der Waals surface area contributed by atoms with E-state index in [2.05, 4.69) is 15.6 Å². The smallest absolute Gasteiger partial charge is 0.412 e. The number of rotatable bonds is 4. The van der Waals surface area contributed by atoms with Crippen molar-refractivity contribution >= 4 is 34.8 Å². The van der Waals surface area contributed by atoms with E-state index in [-0.39, 0.29) is 18.2 Å². The number of nitrogens with one attached hydrogen (secondary N) is 2. The average molecular weight is 287 g/mol. The molecule has 0 spiro atoms. The number of nitrogen functional groups attached to an aromatic ring is 2. The molecule has 0 aliphatic rings. The van der Waals surface area contributed by atoms with E-state index in [4.69, 9.17) is 16.2 Å². The van der Waals surface area contributed by atoms with E-state index >= 15 is 0 Å². The summed E-state index contributed by atoms with van der Waals surface area (Å²) in [6.45, 7) is 1.98. The SMILES string of the molecule is CCOC(=O)Nc1cc(Nc2ccccc2)c(N)c(N)n1. The molecule has 1 amide bonds. The molecule has 21 heavy (non-hydrogen) atoms. The van der Waals surface area contributed by atoms with Crippen LogP contribution in [0.2, 0.25) is 0 Å². The van der Waals surface area contributed by atoms with E-state index in [0.29, 0.717) is 11.4 Å². The highest BCUT2D eigenvalue weighted by atomic mass is 16.5. The maximum absolute atomic E-state index is 11.4. The summed E-state index contributed by atoms with van der Waals surface area (Å²) in [5, 5.41) is 5.61. The molecule has 0 unspecified atom stereocenters. The molecule has 0 fully saturated rings. The van der Waals surface area contributed by atoms with Crippen molar-refractivity contribution in [3.63, 3.8) is 0 Å². The molecule has 2 rings (SSSR count). The van der Waals surface area contributed by atoms with E-state index in [1.165, 1.54) is 0 Å². The van der Waals surface area contributed by atoms with Gasteiger partial charge in [-0.1, -0.05) is 18.2 Å². The summed E-state index contributed by atoms with van der Waals surface area (Å²) in [6.07, 6.45) is -0.597. The summed E-state index contributed by atoms with van der Waals surface area (Å²) >= 11 is 0. The molecular formula is C14H17N5O2. The number of ether oxygens (including phenoxy) is 1. The van der Waals surface area contributed by atoms with E-state index < -0.39 is 6.09 Å². The number of nitrogens with zero attached hydrogens (tertiary/aromatic N) is 1. The Morgan fingerprint density at radius 2 is 2.00 bits per heavy atom. The summed E-state index contributed by atoms with van der Waals surface area (Å²) in [6, 6.07) is 11.0. The van der Waals surface area contributed by atoms with Gasteiger partial charge in [0.1, 0.15) is 5.82 Å². The highest BCUT2D eigenvalue weighted by molar-refractivity contribution is 5.88. The van der Waals surface area contributed by atoms with Crippen LogP contribution < -0.4 is 22.1 Å². The first-order valence-corrected chi connectivity index (χ1v) is 6.42. The van der Waals surface area contributed by atoms with Crippen molar-refractivity contribution in [3.8, 4) is 0 Å². The molecule has 1 aromatic carbocycles. The molecule has 1 aromatic heterocycles. The van der Waals surface area contributed by atoms with Crippen molar-refractivity contribution in [1.82, 2.24) is 4.98 Å². The van der Waals surface area contributed by atoms with Gasteiger partial charge in [0, 0.05) is 11.8 Å².